The van der Waals surface area contributed by atoms with Crippen LogP contribution in [0.1, 0.15) is 23.7 Å². The number of aromatic hydroxyl groups is 1. The first kappa shape index (κ1) is 12.0. The molecule has 0 fully saturated rings. The highest BCUT2D eigenvalue weighted by Gasteiger charge is 2.08. The molecule has 1 aromatic carbocycles. The molecular formula is C11H13BrO3. The summed E-state index contributed by atoms with van der Waals surface area (Å²) in [6.07, 6.45) is 0.424. The first-order chi connectivity index (χ1) is 7.19. The lowest BCUT2D eigenvalue weighted by atomic mass is 10.1. The van der Waals surface area contributed by atoms with Crippen LogP contribution in [0.5, 0.6) is 11.5 Å². The fraction of sp³-hybridized carbons (Fsp3) is 0.364. The van der Waals surface area contributed by atoms with Crippen LogP contribution in [0.15, 0.2) is 18.2 Å². The monoisotopic (exact) mass is 272 g/mol. The fourth-order valence-corrected chi connectivity index (χ4v) is 1.56. The summed E-state index contributed by atoms with van der Waals surface area (Å²) in [6, 6.07) is 4.71. The number of ether oxygens (including phenoxy) is 1. The van der Waals surface area contributed by atoms with Crippen molar-refractivity contribution in [2.75, 3.05) is 11.9 Å². The van der Waals surface area contributed by atoms with E-state index in [0.717, 1.165) is 0 Å². The molecule has 15 heavy (non-hydrogen) atoms. The predicted octanol–water partition coefficient (Wildman–Crippen LogP) is 2.76. The van der Waals surface area contributed by atoms with Gasteiger partial charge in [-0.3, -0.25) is 4.79 Å². The van der Waals surface area contributed by atoms with Crippen LogP contribution < -0.4 is 4.74 Å². The fourth-order valence-electron chi connectivity index (χ4n) is 1.20. The third-order valence-electron chi connectivity index (χ3n) is 1.90. The van der Waals surface area contributed by atoms with E-state index in [2.05, 4.69) is 15.9 Å². The van der Waals surface area contributed by atoms with E-state index in [1.165, 1.54) is 6.07 Å². The summed E-state index contributed by atoms with van der Waals surface area (Å²) >= 11 is 3.20. The maximum Gasteiger partial charge on any atom is 0.163 e. The van der Waals surface area contributed by atoms with Crippen molar-refractivity contribution in [3.63, 3.8) is 0 Å². The number of phenolic OH excluding ortho intramolecular Hbond substituents is 1. The summed E-state index contributed by atoms with van der Waals surface area (Å²) in [5.41, 5.74) is 0.510. The quantitative estimate of drug-likeness (QED) is 0.662. The Balaban J connectivity index is 2.86. The standard InChI is InChI=1S/C11H13BrO3/c1-2-15-11-4-3-8(7-10(11)14)9(13)5-6-12/h3-4,7,14H,2,5-6H2,1H3. The van der Waals surface area contributed by atoms with Gasteiger partial charge in [0.25, 0.3) is 0 Å². The highest BCUT2D eigenvalue weighted by Crippen LogP contribution is 2.27. The van der Waals surface area contributed by atoms with Gasteiger partial charge in [-0.05, 0) is 25.1 Å². The average Bonchev–Trinajstić information content (AvgIpc) is 2.21. The second-order valence-electron chi connectivity index (χ2n) is 2.98. The molecule has 0 unspecified atom stereocenters. The molecule has 0 spiro atoms. The maximum atomic E-state index is 11.5. The van der Waals surface area contributed by atoms with E-state index >= 15 is 0 Å². The molecule has 4 heteroatoms. The minimum atomic E-state index is 0.00484. The molecular weight excluding hydrogens is 260 g/mol. The largest absolute Gasteiger partial charge is 0.504 e. The van der Waals surface area contributed by atoms with Crippen LogP contribution >= 0.6 is 15.9 Å². The number of Topliss-reactive ketones (excluding diaryl/α,β-unsaturated/α-hetero) is 1. The number of alkyl halides is 1. The molecule has 1 N–H and O–H groups in total. The zero-order chi connectivity index (χ0) is 11.3. The Morgan fingerprint density at radius 1 is 1.53 bits per heavy atom. The first-order valence-electron chi connectivity index (χ1n) is 4.74. The maximum absolute atomic E-state index is 11.5. The van der Waals surface area contributed by atoms with E-state index in [-0.39, 0.29) is 11.5 Å². The molecule has 3 nitrogen and oxygen atoms in total. The van der Waals surface area contributed by atoms with E-state index in [1.807, 2.05) is 6.92 Å². The Morgan fingerprint density at radius 2 is 2.27 bits per heavy atom. The Bertz CT molecular complexity index is 350. The summed E-state index contributed by atoms with van der Waals surface area (Å²) in [5.74, 6) is 0.426. The van der Waals surface area contributed by atoms with Gasteiger partial charge in [-0.15, -0.1) is 0 Å². The molecule has 0 aromatic heterocycles. The normalized spacial score (nSPS) is 10.0. The Kier molecular flexibility index (Phi) is 4.62. The zero-order valence-electron chi connectivity index (χ0n) is 8.50. The lowest BCUT2D eigenvalue weighted by Gasteiger charge is -2.06. The van der Waals surface area contributed by atoms with Crippen molar-refractivity contribution in [2.24, 2.45) is 0 Å². The second kappa shape index (κ2) is 5.75. The summed E-state index contributed by atoms with van der Waals surface area (Å²) in [7, 11) is 0. The molecule has 1 aromatic rings. The second-order valence-corrected chi connectivity index (χ2v) is 3.77. The minimum absolute atomic E-state index is 0.00484. The summed E-state index contributed by atoms with van der Waals surface area (Å²) < 4.78 is 5.16. The zero-order valence-corrected chi connectivity index (χ0v) is 10.1. The molecule has 0 aliphatic rings. The van der Waals surface area contributed by atoms with E-state index in [4.69, 9.17) is 4.74 Å². The Morgan fingerprint density at radius 3 is 2.80 bits per heavy atom. The molecule has 1 rings (SSSR count). The molecule has 82 valence electrons. The van der Waals surface area contributed by atoms with Gasteiger partial charge < -0.3 is 9.84 Å². The average molecular weight is 273 g/mol. The van der Waals surface area contributed by atoms with Crippen molar-refractivity contribution >= 4 is 21.7 Å². The molecule has 0 atom stereocenters. The van der Waals surface area contributed by atoms with Crippen molar-refractivity contribution in [3.05, 3.63) is 23.8 Å². The van der Waals surface area contributed by atoms with Crippen molar-refractivity contribution < 1.29 is 14.6 Å². The van der Waals surface area contributed by atoms with Crippen LogP contribution in [0.4, 0.5) is 0 Å². The van der Waals surface area contributed by atoms with Gasteiger partial charge in [0.1, 0.15) is 0 Å². The van der Waals surface area contributed by atoms with Gasteiger partial charge in [-0.1, -0.05) is 15.9 Å². The molecule has 0 aliphatic carbocycles. The SMILES string of the molecule is CCOc1ccc(C(=O)CCBr)cc1O. The first-order valence-corrected chi connectivity index (χ1v) is 5.86. The number of benzene rings is 1. The van der Waals surface area contributed by atoms with Crippen molar-refractivity contribution in [3.8, 4) is 11.5 Å². The van der Waals surface area contributed by atoms with E-state index < -0.39 is 0 Å². The number of ketones is 1. The molecule has 0 bridgehead atoms. The highest BCUT2D eigenvalue weighted by molar-refractivity contribution is 9.09. The van der Waals surface area contributed by atoms with Gasteiger partial charge in [-0.2, -0.15) is 0 Å². The number of hydrogen-bond donors (Lipinski definition) is 1. The number of phenols is 1. The highest BCUT2D eigenvalue weighted by atomic mass is 79.9. The Labute approximate surface area is 97.2 Å². The predicted molar refractivity (Wildman–Crippen MR) is 62.0 cm³/mol. The molecule has 0 radical (unpaired) electrons. The van der Waals surface area contributed by atoms with E-state index in [1.54, 1.807) is 12.1 Å². The number of carbonyl (C=O) groups is 1. The third-order valence-corrected chi connectivity index (χ3v) is 2.30. The van der Waals surface area contributed by atoms with E-state index in [9.17, 15) is 9.90 Å². The van der Waals surface area contributed by atoms with Crippen molar-refractivity contribution in [2.45, 2.75) is 13.3 Å². The summed E-state index contributed by atoms with van der Waals surface area (Å²) in [4.78, 5) is 11.5. The van der Waals surface area contributed by atoms with Crippen molar-refractivity contribution in [1.29, 1.82) is 0 Å². The van der Waals surface area contributed by atoms with Gasteiger partial charge in [0.2, 0.25) is 0 Å². The number of hydrogen-bond acceptors (Lipinski definition) is 3. The molecule has 0 aliphatic heterocycles. The van der Waals surface area contributed by atoms with Crippen LogP contribution in [0.25, 0.3) is 0 Å². The molecule has 0 amide bonds. The van der Waals surface area contributed by atoms with Crippen molar-refractivity contribution in [1.82, 2.24) is 0 Å². The lowest BCUT2D eigenvalue weighted by Crippen LogP contribution is -2.00. The molecule has 0 heterocycles. The number of carbonyl (C=O) groups excluding carboxylic acids is 1. The van der Waals surface area contributed by atoms with Gasteiger partial charge in [0.05, 0.1) is 6.61 Å². The summed E-state index contributed by atoms with van der Waals surface area (Å²) in [5, 5.41) is 10.2. The van der Waals surface area contributed by atoms with Crippen LogP contribution in [-0.4, -0.2) is 22.8 Å². The number of rotatable bonds is 5. The summed E-state index contributed by atoms with van der Waals surface area (Å²) in [6.45, 7) is 2.32. The van der Waals surface area contributed by atoms with E-state index in [0.29, 0.717) is 29.7 Å². The Hall–Kier alpha value is -1.03. The smallest absolute Gasteiger partial charge is 0.163 e. The topological polar surface area (TPSA) is 46.5 Å². The van der Waals surface area contributed by atoms with Crippen LogP contribution in [0.3, 0.4) is 0 Å². The van der Waals surface area contributed by atoms with Crippen LogP contribution in [0.2, 0.25) is 0 Å². The van der Waals surface area contributed by atoms with Gasteiger partial charge >= 0.3 is 0 Å². The number of halogens is 1. The lowest BCUT2D eigenvalue weighted by molar-refractivity contribution is 0.0989. The van der Waals surface area contributed by atoms with Gasteiger partial charge in [0, 0.05) is 17.3 Å². The third kappa shape index (κ3) is 3.23. The van der Waals surface area contributed by atoms with Crippen LogP contribution in [0, 0.1) is 0 Å². The minimum Gasteiger partial charge on any atom is -0.504 e. The van der Waals surface area contributed by atoms with Gasteiger partial charge in [0.15, 0.2) is 17.3 Å². The van der Waals surface area contributed by atoms with Crippen LogP contribution in [-0.2, 0) is 0 Å². The molecule has 0 saturated carbocycles. The molecule has 0 saturated heterocycles. The van der Waals surface area contributed by atoms with Gasteiger partial charge in [-0.25, -0.2) is 0 Å².